The van der Waals surface area contributed by atoms with Crippen molar-refractivity contribution in [3.63, 3.8) is 0 Å². The smallest absolute Gasteiger partial charge is 0.226 e. The number of rotatable bonds is 4. The average Bonchev–Trinajstić information content (AvgIpc) is 3.22. The molecule has 0 aliphatic heterocycles. The zero-order valence-corrected chi connectivity index (χ0v) is 15.4. The second-order valence-corrected chi connectivity index (χ2v) is 6.72. The fraction of sp³-hybridized carbons (Fsp3) is 0.0870. The summed E-state index contributed by atoms with van der Waals surface area (Å²) in [5.74, 6) is 0.564. The standard InChI is InChI=1S/C23H18N4O/c1-15-6-5-9-17-12-18(21(27-20(15)17)16-7-3-2-4-8-16)13-28-23-19-10-11-24-22(19)25-14-26-23/h2-12,14H,13H2,1H3,(H,24,25,26). The monoisotopic (exact) mass is 366 g/mol. The van der Waals surface area contributed by atoms with Crippen molar-refractivity contribution in [2.75, 3.05) is 0 Å². The normalized spacial score (nSPS) is 11.2. The number of nitrogens with zero attached hydrogens (tertiary/aromatic N) is 3. The van der Waals surface area contributed by atoms with Gasteiger partial charge in [-0.25, -0.2) is 15.0 Å². The summed E-state index contributed by atoms with van der Waals surface area (Å²) in [7, 11) is 0. The molecule has 0 spiro atoms. The van der Waals surface area contributed by atoms with Gasteiger partial charge in [-0.1, -0.05) is 48.5 Å². The third kappa shape index (κ3) is 2.87. The Labute approximate surface area is 162 Å². The maximum absolute atomic E-state index is 6.09. The number of benzene rings is 2. The van der Waals surface area contributed by atoms with Gasteiger partial charge in [-0.15, -0.1) is 0 Å². The van der Waals surface area contributed by atoms with Crippen molar-refractivity contribution in [3.05, 3.63) is 84.3 Å². The highest BCUT2D eigenvalue weighted by Gasteiger charge is 2.13. The molecule has 5 aromatic rings. The lowest BCUT2D eigenvalue weighted by molar-refractivity contribution is 0.298. The Balaban J connectivity index is 1.60. The van der Waals surface area contributed by atoms with Crippen LogP contribution in [0.2, 0.25) is 0 Å². The van der Waals surface area contributed by atoms with Gasteiger partial charge in [-0.2, -0.15) is 0 Å². The Morgan fingerprint density at radius 1 is 0.964 bits per heavy atom. The highest BCUT2D eigenvalue weighted by molar-refractivity contribution is 5.86. The molecule has 0 radical (unpaired) electrons. The van der Waals surface area contributed by atoms with Gasteiger partial charge in [0.25, 0.3) is 0 Å². The van der Waals surface area contributed by atoms with Crippen molar-refractivity contribution in [3.8, 4) is 17.1 Å². The number of nitrogens with one attached hydrogen (secondary N) is 1. The molecule has 3 aromatic heterocycles. The summed E-state index contributed by atoms with van der Waals surface area (Å²) >= 11 is 0. The fourth-order valence-corrected chi connectivity index (χ4v) is 3.46. The molecule has 5 rings (SSSR count). The number of para-hydroxylation sites is 1. The summed E-state index contributed by atoms with van der Waals surface area (Å²) < 4.78 is 6.09. The Hall–Kier alpha value is -3.73. The van der Waals surface area contributed by atoms with Crippen molar-refractivity contribution in [2.45, 2.75) is 13.5 Å². The van der Waals surface area contributed by atoms with E-state index in [1.807, 2.05) is 30.5 Å². The van der Waals surface area contributed by atoms with Crippen LogP contribution in [0.15, 0.2) is 73.2 Å². The van der Waals surface area contributed by atoms with Crippen molar-refractivity contribution in [1.82, 2.24) is 19.9 Å². The molecule has 0 bridgehead atoms. The van der Waals surface area contributed by atoms with Crippen LogP contribution in [0.4, 0.5) is 0 Å². The third-order valence-electron chi connectivity index (χ3n) is 4.86. The molecule has 0 aliphatic rings. The van der Waals surface area contributed by atoms with Gasteiger partial charge < -0.3 is 9.72 Å². The summed E-state index contributed by atoms with van der Waals surface area (Å²) in [5.41, 5.74) is 5.96. The van der Waals surface area contributed by atoms with Gasteiger partial charge in [0.1, 0.15) is 18.6 Å². The number of H-pyrrole nitrogens is 1. The van der Waals surface area contributed by atoms with Gasteiger partial charge in [-0.3, -0.25) is 0 Å². The molecule has 28 heavy (non-hydrogen) atoms. The number of hydrogen-bond donors (Lipinski definition) is 1. The van der Waals surface area contributed by atoms with Gasteiger partial charge in [-0.05, 0) is 24.6 Å². The van der Waals surface area contributed by atoms with E-state index < -0.39 is 0 Å². The minimum absolute atomic E-state index is 0.373. The third-order valence-corrected chi connectivity index (χ3v) is 4.86. The second-order valence-electron chi connectivity index (χ2n) is 6.72. The zero-order valence-electron chi connectivity index (χ0n) is 15.4. The van der Waals surface area contributed by atoms with Crippen LogP contribution in [0, 0.1) is 6.92 Å². The molecule has 1 N–H and O–H groups in total. The number of hydrogen-bond acceptors (Lipinski definition) is 4. The number of pyridine rings is 1. The quantitative estimate of drug-likeness (QED) is 0.483. The van der Waals surface area contributed by atoms with Crippen LogP contribution >= 0.6 is 0 Å². The molecular formula is C23H18N4O. The number of ether oxygens (including phenoxy) is 1. The number of aromatic nitrogens is 4. The lowest BCUT2D eigenvalue weighted by Gasteiger charge is -2.13. The van der Waals surface area contributed by atoms with Crippen LogP contribution in [0.3, 0.4) is 0 Å². The number of aromatic amines is 1. The first kappa shape index (κ1) is 16.4. The summed E-state index contributed by atoms with van der Waals surface area (Å²) in [6.07, 6.45) is 3.34. The lowest BCUT2D eigenvalue weighted by atomic mass is 10.0. The van der Waals surface area contributed by atoms with E-state index >= 15 is 0 Å². The first-order valence-corrected chi connectivity index (χ1v) is 9.15. The van der Waals surface area contributed by atoms with E-state index in [4.69, 9.17) is 9.72 Å². The Kier molecular flexibility index (Phi) is 3.98. The lowest BCUT2D eigenvalue weighted by Crippen LogP contribution is -2.02. The number of fused-ring (bicyclic) bond motifs is 2. The molecule has 5 nitrogen and oxygen atoms in total. The van der Waals surface area contributed by atoms with Crippen molar-refractivity contribution >= 4 is 21.9 Å². The topological polar surface area (TPSA) is 63.7 Å². The molecule has 0 unspecified atom stereocenters. The SMILES string of the molecule is Cc1cccc2cc(COc3ncnc4[nH]ccc34)c(-c3ccccc3)nc12. The molecular weight excluding hydrogens is 348 g/mol. The van der Waals surface area contributed by atoms with Crippen LogP contribution in [0.25, 0.3) is 33.2 Å². The molecule has 2 aromatic carbocycles. The summed E-state index contributed by atoms with van der Waals surface area (Å²) in [5, 5.41) is 1.97. The Bertz CT molecular complexity index is 1280. The van der Waals surface area contributed by atoms with Crippen LogP contribution in [0.5, 0.6) is 5.88 Å². The van der Waals surface area contributed by atoms with E-state index in [0.717, 1.165) is 44.3 Å². The predicted molar refractivity (Wildman–Crippen MR) is 110 cm³/mol. The Morgan fingerprint density at radius 3 is 2.75 bits per heavy atom. The highest BCUT2D eigenvalue weighted by Crippen LogP contribution is 2.29. The van der Waals surface area contributed by atoms with E-state index in [2.05, 4.69) is 58.3 Å². The first-order chi connectivity index (χ1) is 13.8. The van der Waals surface area contributed by atoms with Gasteiger partial charge in [0.05, 0.1) is 16.6 Å². The van der Waals surface area contributed by atoms with Gasteiger partial charge in [0, 0.05) is 22.7 Å². The molecule has 0 amide bonds. The maximum atomic E-state index is 6.09. The van der Waals surface area contributed by atoms with Crippen molar-refractivity contribution in [1.29, 1.82) is 0 Å². The molecule has 0 aliphatic carbocycles. The van der Waals surface area contributed by atoms with Crippen LogP contribution in [-0.4, -0.2) is 19.9 Å². The van der Waals surface area contributed by atoms with Gasteiger partial charge in [0.15, 0.2) is 0 Å². The summed E-state index contributed by atoms with van der Waals surface area (Å²) in [4.78, 5) is 16.6. The molecule has 0 saturated carbocycles. The van der Waals surface area contributed by atoms with Crippen LogP contribution < -0.4 is 4.74 Å². The second kappa shape index (κ2) is 6.78. The highest BCUT2D eigenvalue weighted by atomic mass is 16.5. The molecule has 0 atom stereocenters. The van der Waals surface area contributed by atoms with Crippen molar-refractivity contribution < 1.29 is 4.74 Å². The fourth-order valence-electron chi connectivity index (χ4n) is 3.46. The van der Waals surface area contributed by atoms with E-state index in [1.54, 1.807) is 0 Å². The molecule has 3 heterocycles. The van der Waals surface area contributed by atoms with E-state index in [-0.39, 0.29) is 0 Å². The first-order valence-electron chi connectivity index (χ1n) is 9.15. The van der Waals surface area contributed by atoms with E-state index in [0.29, 0.717) is 12.5 Å². The summed E-state index contributed by atoms with van der Waals surface area (Å²) in [6, 6.07) is 20.5. The van der Waals surface area contributed by atoms with Crippen LogP contribution in [-0.2, 0) is 6.61 Å². The van der Waals surface area contributed by atoms with E-state index in [9.17, 15) is 0 Å². The van der Waals surface area contributed by atoms with Crippen molar-refractivity contribution in [2.24, 2.45) is 0 Å². The minimum atomic E-state index is 0.373. The molecule has 136 valence electrons. The number of aryl methyl sites for hydroxylation is 1. The molecule has 0 fully saturated rings. The van der Waals surface area contributed by atoms with Gasteiger partial charge in [0.2, 0.25) is 5.88 Å². The van der Waals surface area contributed by atoms with Gasteiger partial charge >= 0.3 is 0 Å². The maximum Gasteiger partial charge on any atom is 0.226 e. The Morgan fingerprint density at radius 2 is 1.86 bits per heavy atom. The van der Waals surface area contributed by atoms with E-state index in [1.165, 1.54) is 6.33 Å². The zero-order chi connectivity index (χ0) is 18.9. The molecule has 0 saturated heterocycles. The van der Waals surface area contributed by atoms with Crippen LogP contribution in [0.1, 0.15) is 11.1 Å². The summed E-state index contributed by atoms with van der Waals surface area (Å²) in [6.45, 7) is 2.46. The predicted octanol–water partition coefficient (Wildman–Crippen LogP) is 5.06. The largest absolute Gasteiger partial charge is 0.472 e. The minimum Gasteiger partial charge on any atom is -0.472 e. The average molecular weight is 366 g/mol. The molecule has 5 heteroatoms.